The number of piperidine rings is 1. The van der Waals surface area contributed by atoms with Gasteiger partial charge in [-0.2, -0.15) is 0 Å². The van der Waals surface area contributed by atoms with Crippen LogP contribution in [-0.2, 0) is 9.59 Å². The van der Waals surface area contributed by atoms with Crippen molar-refractivity contribution in [1.29, 1.82) is 0 Å². The van der Waals surface area contributed by atoms with Crippen molar-refractivity contribution in [2.45, 2.75) is 26.2 Å². The molecule has 31 heavy (non-hydrogen) atoms. The van der Waals surface area contributed by atoms with Crippen molar-refractivity contribution in [3.63, 3.8) is 0 Å². The molecule has 4 amide bonds. The van der Waals surface area contributed by atoms with Gasteiger partial charge in [-0.25, -0.2) is 9.69 Å². The lowest BCUT2D eigenvalue weighted by molar-refractivity contribution is -0.127. The monoisotopic (exact) mass is 418 g/mol. The Balaban J connectivity index is 1.40. The third kappa shape index (κ3) is 4.94. The number of carbonyl (C=O) groups is 3. The summed E-state index contributed by atoms with van der Waals surface area (Å²) in [6.45, 7) is 3.70. The van der Waals surface area contributed by atoms with Gasteiger partial charge >= 0.3 is 6.03 Å². The third-order valence-electron chi connectivity index (χ3n) is 5.49. The van der Waals surface area contributed by atoms with E-state index >= 15 is 0 Å². The fourth-order valence-corrected chi connectivity index (χ4v) is 3.88. The van der Waals surface area contributed by atoms with E-state index < -0.39 is 17.8 Å². The number of nitrogens with zero attached hydrogens (tertiary/aromatic N) is 2. The Morgan fingerprint density at radius 3 is 2.52 bits per heavy atom. The van der Waals surface area contributed by atoms with E-state index in [1.807, 2.05) is 49.4 Å². The lowest BCUT2D eigenvalue weighted by Crippen LogP contribution is -2.38. The molecule has 7 nitrogen and oxygen atoms in total. The molecule has 2 aliphatic heterocycles. The molecule has 0 unspecified atom stereocenters. The van der Waals surface area contributed by atoms with Crippen LogP contribution in [0.25, 0.3) is 6.08 Å². The van der Waals surface area contributed by atoms with Gasteiger partial charge in [0.25, 0.3) is 5.91 Å². The van der Waals surface area contributed by atoms with Gasteiger partial charge in [0.05, 0.1) is 0 Å². The minimum Gasteiger partial charge on any atom is -0.372 e. The fourth-order valence-electron chi connectivity index (χ4n) is 3.88. The zero-order valence-corrected chi connectivity index (χ0v) is 17.6. The Labute approximate surface area is 181 Å². The van der Waals surface area contributed by atoms with Gasteiger partial charge in [-0.15, -0.1) is 0 Å². The number of anilines is 2. The maximum atomic E-state index is 12.7. The number of hydrogen-bond donors (Lipinski definition) is 2. The lowest BCUT2D eigenvalue weighted by atomic mass is 10.1. The van der Waals surface area contributed by atoms with Crippen molar-refractivity contribution in [3.8, 4) is 0 Å². The van der Waals surface area contributed by atoms with Gasteiger partial charge in [0.2, 0.25) is 5.91 Å². The minimum atomic E-state index is -0.597. The van der Waals surface area contributed by atoms with Gasteiger partial charge in [0.15, 0.2) is 0 Å². The average molecular weight is 418 g/mol. The first-order valence-electron chi connectivity index (χ1n) is 10.6. The fraction of sp³-hybridized carbons (Fsp3) is 0.292. The second-order valence-electron chi connectivity index (χ2n) is 7.94. The molecular weight excluding hydrogens is 392 g/mol. The van der Waals surface area contributed by atoms with Crippen molar-refractivity contribution in [2.24, 2.45) is 0 Å². The molecule has 0 spiro atoms. The van der Waals surface area contributed by atoms with E-state index in [4.69, 9.17) is 0 Å². The normalized spacial score (nSPS) is 17.8. The lowest BCUT2D eigenvalue weighted by Gasteiger charge is -2.28. The molecule has 2 N–H and O–H groups in total. The molecule has 2 heterocycles. The summed E-state index contributed by atoms with van der Waals surface area (Å²) in [5.41, 5.74) is 3.78. The van der Waals surface area contributed by atoms with Gasteiger partial charge in [-0.3, -0.25) is 9.59 Å². The highest BCUT2D eigenvalue weighted by Gasteiger charge is 2.34. The summed E-state index contributed by atoms with van der Waals surface area (Å²) in [7, 11) is 0. The van der Waals surface area contributed by atoms with E-state index in [0.717, 1.165) is 34.8 Å². The minimum absolute atomic E-state index is 0.166. The van der Waals surface area contributed by atoms with Crippen LogP contribution in [0.5, 0.6) is 0 Å². The number of benzene rings is 2. The third-order valence-corrected chi connectivity index (χ3v) is 5.49. The number of imide groups is 1. The van der Waals surface area contributed by atoms with E-state index in [0.29, 0.717) is 5.69 Å². The van der Waals surface area contributed by atoms with Gasteiger partial charge in [0, 0.05) is 24.5 Å². The molecule has 2 aromatic rings. The van der Waals surface area contributed by atoms with Crippen LogP contribution in [0.1, 0.15) is 30.4 Å². The molecule has 0 aliphatic carbocycles. The van der Waals surface area contributed by atoms with Crippen LogP contribution in [-0.4, -0.2) is 42.4 Å². The molecule has 2 aromatic carbocycles. The smallest absolute Gasteiger partial charge is 0.329 e. The standard InChI is InChI=1S/C24H26N4O3/c1-17-6-5-7-19(14-17)25-22(29)16-28-23(30)21(26-24(28)31)15-18-8-10-20(11-9-18)27-12-3-2-4-13-27/h5-11,14-15H,2-4,12-13,16H2,1H3,(H,25,29)(H,26,31)/b21-15-. The Bertz CT molecular complexity index is 1020. The Morgan fingerprint density at radius 2 is 1.81 bits per heavy atom. The van der Waals surface area contributed by atoms with Gasteiger partial charge in [0.1, 0.15) is 12.2 Å². The van der Waals surface area contributed by atoms with Gasteiger partial charge < -0.3 is 15.5 Å². The van der Waals surface area contributed by atoms with Crippen molar-refractivity contribution >= 4 is 35.3 Å². The SMILES string of the molecule is Cc1cccc(NC(=O)CN2C(=O)N/C(=C\c3ccc(N4CCCCC4)cc3)C2=O)c1. The van der Waals surface area contributed by atoms with E-state index in [1.165, 1.54) is 19.3 Å². The first-order chi connectivity index (χ1) is 15.0. The molecule has 2 aliphatic rings. The average Bonchev–Trinajstić information content (AvgIpc) is 3.02. The van der Waals surface area contributed by atoms with Crippen LogP contribution < -0.4 is 15.5 Å². The highest BCUT2D eigenvalue weighted by atomic mass is 16.2. The Kier molecular flexibility index (Phi) is 6.02. The molecule has 160 valence electrons. The number of urea groups is 1. The number of carbonyl (C=O) groups excluding carboxylic acids is 3. The number of amides is 4. The molecule has 2 saturated heterocycles. The molecule has 7 heteroatoms. The van der Waals surface area contributed by atoms with Crippen LogP contribution in [0, 0.1) is 6.92 Å². The van der Waals surface area contributed by atoms with E-state index in [1.54, 1.807) is 12.1 Å². The summed E-state index contributed by atoms with van der Waals surface area (Å²) in [4.78, 5) is 40.5. The molecule has 0 bridgehead atoms. The predicted octanol–water partition coefficient (Wildman–Crippen LogP) is 3.52. The largest absolute Gasteiger partial charge is 0.372 e. The maximum absolute atomic E-state index is 12.7. The topological polar surface area (TPSA) is 81.8 Å². The van der Waals surface area contributed by atoms with Crippen LogP contribution in [0.2, 0.25) is 0 Å². The Hall–Kier alpha value is -3.61. The second-order valence-corrected chi connectivity index (χ2v) is 7.94. The summed E-state index contributed by atoms with van der Waals surface area (Å²) in [5.74, 6) is -0.939. The second kappa shape index (κ2) is 9.04. The quantitative estimate of drug-likeness (QED) is 0.575. The molecule has 2 fully saturated rings. The molecule has 0 atom stereocenters. The van der Waals surface area contributed by atoms with E-state index in [9.17, 15) is 14.4 Å². The van der Waals surface area contributed by atoms with Crippen LogP contribution in [0.3, 0.4) is 0 Å². The molecule has 0 radical (unpaired) electrons. The first-order valence-corrected chi connectivity index (χ1v) is 10.6. The number of nitrogens with one attached hydrogen (secondary N) is 2. The maximum Gasteiger partial charge on any atom is 0.329 e. The van der Waals surface area contributed by atoms with Crippen LogP contribution >= 0.6 is 0 Å². The zero-order valence-electron chi connectivity index (χ0n) is 17.6. The van der Waals surface area contributed by atoms with Crippen LogP contribution in [0.15, 0.2) is 54.2 Å². The summed E-state index contributed by atoms with van der Waals surface area (Å²) < 4.78 is 0. The molecule has 0 saturated carbocycles. The van der Waals surface area contributed by atoms with Crippen molar-refractivity contribution in [3.05, 3.63) is 65.4 Å². The molecule has 0 aromatic heterocycles. The summed E-state index contributed by atoms with van der Waals surface area (Å²) in [6.07, 6.45) is 5.33. The van der Waals surface area contributed by atoms with E-state index in [2.05, 4.69) is 15.5 Å². The summed E-state index contributed by atoms with van der Waals surface area (Å²) >= 11 is 0. The van der Waals surface area contributed by atoms with Crippen LogP contribution in [0.4, 0.5) is 16.2 Å². The van der Waals surface area contributed by atoms with Gasteiger partial charge in [-0.1, -0.05) is 24.3 Å². The van der Waals surface area contributed by atoms with E-state index in [-0.39, 0.29) is 12.2 Å². The summed E-state index contributed by atoms with van der Waals surface area (Å²) in [5, 5.41) is 5.28. The number of aryl methyl sites for hydroxylation is 1. The Morgan fingerprint density at radius 1 is 1.06 bits per heavy atom. The van der Waals surface area contributed by atoms with Crippen molar-refractivity contribution in [2.75, 3.05) is 29.9 Å². The van der Waals surface area contributed by atoms with Crippen molar-refractivity contribution in [1.82, 2.24) is 10.2 Å². The first kappa shape index (κ1) is 20.7. The van der Waals surface area contributed by atoms with Gasteiger partial charge in [-0.05, 0) is 67.7 Å². The molecule has 4 rings (SSSR count). The van der Waals surface area contributed by atoms with Crippen molar-refractivity contribution < 1.29 is 14.4 Å². The summed E-state index contributed by atoms with van der Waals surface area (Å²) in [6, 6.07) is 14.7. The highest BCUT2D eigenvalue weighted by Crippen LogP contribution is 2.22. The number of hydrogen-bond acceptors (Lipinski definition) is 4. The molecular formula is C24H26N4O3. The predicted molar refractivity (Wildman–Crippen MR) is 121 cm³/mol. The highest BCUT2D eigenvalue weighted by molar-refractivity contribution is 6.15. The zero-order chi connectivity index (χ0) is 21.8. The number of rotatable bonds is 5.